The van der Waals surface area contributed by atoms with Gasteiger partial charge in [-0.3, -0.25) is 4.68 Å². The molecule has 0 amide bonds. The molecule has 0 spiro atoms. The number of oxazole rings is 1. The summed E-state index contributed by atoms with van der Waals surface area (Å²) < 4.78 is 7.59. The van der Waals surface area contributed by atoms with Gasteiger partial charge in [0.1, 0.15) is 5.76 Å². The topological polar surface area (TPSA) is 55.9 Å². The molecule has 2 aromatic rings. The van der Waals surface area contributed by atoms with E-state index >= 15 is 0 Å². The van der Waals surface area contributed by atoms with E-state index in [0.29, 0.717) is 18.6 Å². The van der Waals surface area contributed by atoms with Gasteiger partial charge in [0.2, 0.25) is 5.89 Å². The summed E-state index contributed by atoms with van der Waals surface area (Å²) in [6, 6.07) is 2.88. The van der Waals surface area contributed by atoms with Gasteiger partial charge in [-0.1, -0.05) is 12.8 Å². The van der Waals surface area contributed by atoms with Gasteiger partial charge in [-0.05, 0) is 25.8 Å². The van der Waals surface area contributed by atoms with Crippen LogP contribution >= 0.6 is 0 Å². The van der Waals surface area contributed by atoms with E-state index in [1.807, 2.05) is 19.2 Å². The summed E-state index contributed by atoms with van der Waals surface area (Å²) in [5.74, 6) is 1.63. The number of aryl methyl sites for hydroxylation is 1. The molecule has 1 aliphatic rings. The number of rotatable bonds is 4. The van der Waals surface area contributed by atoms with Crippen LogP contribution in [0.5, 0.6) is 0 Å². The zero-order chi connectivity index (χ0) is 13.1. The maximum atomic E-state index is 5.50. The molecule has 1 aliphatic carbocycles. The highest BCUT2D eigenvalue weighted by Crippen LogP contribution is 2.28. The third-order valence-corrected chi connectivity index (χ3v) is 3.78. The van der Waals surface area contributed by atoms with Gasteiger partial charge in [0.15, 0.2) is 0 Å². The highest BCUT2D eigenvalue weighted by atomic mass is 16.4. The monoisotopic (exact) mass is 260 g/mol. The normalized spacial score (nSPS) is 23.6. The molecule has 0 unspecified atom stereocenters. The molecular weight excluding hydrogens is 240 g/mol. The van der Waals surface area contributed by atoms with Crippen molar-refractivity contribution in [3.05, 3.63) is 36.3 Å². The van der Waals surface area contributed by atoms with Crippen molar-refractivity contribution in [2.75, 3.05) is 0 Å². The van der Waals surface area contributed by atoms with Gasteiger partial charge in [0, 0.05) is 18.4 Å². The summed E-state index contributed by atoms with van der Waals surface area (Å²) in [5, 5.41) is 7.96. The van der Waals surface area contributed by atoms with E-state index in [9.17, 15) is 0 Å². The SMILES string of the molecule is Cc1cnc(CN[C@@H]2CCCC[C@@H]2n2cccn2)o1. The van der Waals surface area contributed by atoms with Crippen LogP contribution in [0, 0.1) is 6.92 Å². The van der Waals surface area contributed by atoms with Gasteiger partial charge in [-0.2, -0.15) is 5.10 Å². The molecule has 1 saturated carbocycles. The van der Waals surface area contributed by atoms with Crippen molar-refractivity contribution in [1.29, 1.82) is 0 Å². The molecule has 5 nitrogen and oxygen atoms in total. The first-order chi connectivity index (χ1) is 9.33. The van der Waals surface area contributed by atoms with Gasteiger partial charge in [-0.25, -0.2) is 4.98 Å². The van der Waals surface area contributed by atoms with Crippen LogP contribution in [0.3, 0.4) is 0 Å². The van der Waals surface area contributed by atoms with Crippen LogP contribution in [0.4, 0.5) is 0 Å². The van der Waals surface area contributed by atoms with Crippen molar-refractivity contribution >= 4 is 0 Å². The Balaban J connectivity index is 1.64. The molecule has 1 fully saturated rings. The largest absolute Gasteiger partial charge is 0.445 e. The minimum absolute atomic E-state index is 0.444. The fraction of sp³-hybridized carbons (Fsp3) is 0.571. The van der Waals surface area contributed by atoms with Gasteiger partial charge in [0.25, 0.3) is 0 Å². The summed E-state index contributed by atoms with van der Waals surface area (Å²) in [5.41, 5.74) is 0. The molecule has 0 radical (unpaired) electrons. The zero-order valence-electron chi connectivity index (χ0n) is 11.2. The Morgan fingerprint density at radius 3 is 3.05 bits per heavy atom. The van der Waals surface area contributed by atoms with Crippen molar-refractivity contribution in [2.45, 2.75) is 51.2 Å². The van der Waals surface area contributed by atoms with E-state index < -0.39 is 0 Å². The molecule has 0 aromatic carbocycles. The smallest absolute Gasteiger partial charge is 0.208 e. The molecule has 2 atom stereocenters. The third-order valence-electron chi connectivity index (χ3n) is 3.78. The minimum atomic E-state index is 0.444. The van der Waals surface area contributed by atoms with E-state index in [1.54, 1.807) is 6.20 Å². The predicted octanol–water partition coefficient (Wildman–Crippen LogP) is 2.45. The standard InChI is InChI=1S/C14H20N4O/c1-11-9-16-14(19-11)10-15-12-5-2-3-6-13(12)18-8-4-7-17-18/h4,7-9,12-13,15H,2-3,5-6,10H2,1H3/t12-,13+/m1/s1. The summed E-state index contributed by atoms with van der Waals surface area (Å²) >= 11 is 0. The second kappa shape index (κ2) is 5.57. The Bertz CT molecular complexity index is 505. The molecule has 5 heteroatoms. The Kier molecular flexibility index (Phi) is 3.64. The molecule has 2 aromatic heterocycles. The van der Waals surface area contributed by atoms with Crippen LogP contribution in [0.15, 0.2) is 29.1 Å². The van der Waals surface area contributed by atoms with E-state index in [-0.39, 0.29) is 0 Å². The second-order valence-electron chi connectivity index (χ2n) is 5.19. The highest BCUT2D eigenvalue weighted by Gasteiger charge is 2.26. The van der Waals surface area contributed by atoms with Crippen molar-refractivity contribution in [3.8, 4) is 0 Å². The van der Waals surface area contributed by atoms with E-state index in [0.717, 1.165) is 11.7 Å². The van der Waals surface area contributed by atoms with Crippen LogP contribution in [0.1, 0.15) is 43.4 Å². The molecule has 0 aliphatic heterocycles. The zero-order valence-corrected chi connectivity index (χ0v) is 11.2. The molecule has 19 heavy (non-hydrogen) atoms. The second-order valence-corrected chi connectivity index (χ2v) is 5.19. The van der Waals surface area contributed by atoms with E-state index in [2.05, 4.69) is 26.3 Å². The predicted molar refractivity (Wildman–Crippen MR) is 71.6 cm³/mol. The molecular formula is C14H20N4O. The number of hydrogen-bond donors (Lipinski definition) is 1. The number of nitrogens with one attached hydrogen (secondary N) is 1. The number of hydrogen-bond acceptors (Lipinski definition) is 4. The number of aromatic nitrogens is 3. The Hall–Kier alpha value is -1.62. The lowest BCUT2D eigenvalue weighted by Gasteiger charge is -2.32. The number of nitrogens with zero attached hydrogens (tertiary/aromatic N) is 3. The summed E-state index contributed by atoms with van der Waals surface area (Å²) in [7, 11) is 0. The molecule has 1 N–H and O–H groups in total. The van der Waals surface area contributed by atoms with Crippen LogP contribution in [-0.4, -0.2) is 20.8 Å². The first-order valence-electron chi connectivity index (χ1n) is 6.97. The maximum Gasteiger partial charge on any atom is 0.208 e. The molecule has 2 heterocycles. The van der Waals surface area contributed by atoms with Gasteiger partial charge < -0.3 is 9.73 Å². The van der Waals surface area contributed by atoms with E-state index in [4.69, 9.17) is 4.42 Å². The van der Waals surface area contributed by atoms with Crippen LogP contribution < -0.4 is 5.32 Å². The van der Waals surface area contributed by atoms with Crippen LogP contribution in [0.25, 0.3) is 0 Å². The van der Waals surface area contributed by atoms with E-state index in [1.165, 1.54) is 25.7 Å². The lowest BCUT2D eigenvalue weighted by atomic mass is 9.90. The van der Waals surface area contributed by atoms with Gasteiger partial charge in [-0.15, -0.1) is 0 Å². The molecule has 0 saturated heterocycles. The summed E-state index contributed by atoms with van der Waals surface area (Å²) in [6.07, 6.45) is 10.6. The van der Waals surface area contributed by atoms with Gasteiger partial charge in [0.05, 0.1) is 18.8 Å². The van der Waals surface area contributed by atoms with Gasteiger partial charge >= 0.3 is 0 Å². The Labute approximate surface area is 113 Å². The first kappa shape index (κ1) is 12.4. The van der Waals surface area contributed by atoms with Crippen molar-refractivity contribution in [2.24, 2.45) is 0 Å². The summed E-state index contributed by atoms with van der Waals surface area (Å²) in [6.45, 7) is 2.61. The fourth-order valence-electron chi connectivity index (χ4n) is 2.84. The fourth-order valence-corrected chi connectivity index (χ4v) is 2.84. The molecule has 3 rings (SSSR count). The van der Waals surface area contributed by atoms with Crippen LogP contribution in [-0.2, 0) is 6.54 Å². The minimum Gasteiger partial charge on any atom is -0.445 e. The van der Waals surface area contributed by atoms with Crippen molar-refractivity contribution < 1.29 is 4.42 Å². The van der Waals surface area contributed by atoms with Crippen LogP contribution in [0.2, 0.25) is 0 Å². The van der Waals surface area contributed by atoms with Crippen molar-refractivity contribution in [3.63, 3.8) is 0 Å². The maximum absolute atomic E-state index is 5.50. The lowest BCUT2D eigenvalue weighted by Crippen LogP contribution is -2.39. The molecule has 102 valence electrons. The molecule has 0 bridgehead atoms. The van der Waals surface area contributed by atoms with Crippen molar-refractivity contribution in [1.82, 2.24) is 20.1 Å². The quantitative estimate of drug-likeness (QED) is 0.917. The Morgan fingerprint density at radius 2 is 2.32 bits per heavy atom. The third kappa shape index (κ3) is 2.87. The lowest BCUT2D eigenvalue weighted by molar-refractivity contribution is 0.239. The summed E-state index contributed by atoms with van der Waals surface area (Å²) in [4.78, 5) is 4.24. The Morgan fingerprint density at radius 1 is 1.42 bits per heavy atom. The average Bonchev–Trinajstić information content (AvgIpc) is 3.08. The highest BCUT2D eigenvalue weighted by molar-refractivity contribution is 4.93. The average molecular weight is 260 g/mol. The first-order valence-corrected chi connectivity index (χ1v) is 6.97.